The highest BCUT2D eigenvalue weighted by Crippen LogP contribution is 2.30. The minimum atomic E-state index is 0.750. The van der Waals surface area contributed by atoms with E-state index < -0.39 is 0 Å². The van der Waals surface area contributed by atoms with E-state index in [-0.39, 0.29) is 0 Å². The molecule has 140 valence electrons. The second-order valence-corrected chi connectivity index (χ2v) is 6.57. The van der Waals surface area contributed by atoms with Crippen molar-refractivity contribution in [2.45, 2.75) is 71.1 Å². The fourth-order valence-corrected chi connectivity index (χ4v) is 2.98. The molecule has 0 amide bonds. The molecule has 0 saturated heterocycles. The third-order valence-electron chi connectivity index (χ3n) is 4.56. The van der Waals surface area contributed by atoms with Crippen molar-refractivity contribution in [2.75, 3.05) is 13.7 Å². The maximum atomic E-state index is 5.97. The van der Waals surface area contributed by atoms with Crippen molar-refractivity contribution in [1.82, 2.24) is 0 Å². The van der Waals surface area contributed by atoms with Crippen molar-refractivity contribution >= 4 is 12.2 Å². The highest BCUT2D eigenvalue weighted by atomic mass is 16.5. The Kier molecular flexibility index (Phi) is 11.6. The molecule has 1 aromatic rings. The summed E-state index contributed by atoms with van der Waals surface area (Å²) in [6.45, 7) is 10.7. The van der Waals surface area contributed by atoms with Gasteiger partial charge in [-0.2, -0.15) is 0 Å². The summed E-state index contributed by atoms with van der Waals surface area (Å²) in [6.07, 6.45) is 16.9. The van der Waals surface area contributed by atoms with E-state index in [1.54, 1.807) is 13.2 Å². The molecule has 0 aromatic heterocycles. The second-order valence-electron chi connectivity index (χ2n) is 6.57. The molecule has 1 aromatic carbocycles. The van der Waals surface area contributed by atoms with Crippen LogP contribution in [0, 0.1) is 0 Å². The van der Waals surface area contributed by atoms with Crippen LogP contribution in [-0.2, 0) is 0 Å². The molecule has 0 atom stereocenters. The predicted octanol–water partition coefficient (Wildman–Crippen LogP) is 7.28. The van der Waals surface area contributed by atoms with E-state index in [2.05, 4.69) is 20.1 Å². The smallest absolute Gasteiger partial charge is 0.127 e. The quantitative estimate of drug-likeness (QED) is 0.311. The molecule has 0 N–H and O–H groups in total. The van der Waals surface area contributed by atoms with Crippen molar-refractivity contribution in [2.24, 2.45) is 0 Å². The van der Waals surface area contributed by atoms with E-state index in [4.69, 9.17) is 9.47 Å². The van der Waals surface area contributed by atoms with Crippen molar-refractivity contribution in [3.8, 4) is 11.5 Å². The minimum Gasteiger partial charge on any atom is -0.496 e. The zero-order chi connectivity index (χ0) is 18.3. The summed E-state index contributed by atoms with van der Waals surface area (Å²) >= 11 is 0. The van der Waals surface area contributed by atoms with Crippen LogP contribution in [-0.4, -0.2) is 13.7 Å². The molecule has 0 saturated carbocycles. The Morgan fingerprint density at radius 1 is 0.760 bits per heavy atom. The minimum absolute atomic E-state index is 0.750. The van der Waals surface area contributed by atoms with Crippen LogP contribution in [0.15, 0.2) is 25.3 Å². The molecule has 0 radical (unpaired) electrons. The Hall–Kier alpha value is -1.70. The van der Waals surface area contributed by atoms with Crippen LogP contribution in [0.3, 0.4) is 0 Å². The molecule has 0 fully saturated rings. The molecular weight excluding hydrogens is 308 g/mol. The van der Waals surface area contributed by atoms with Gasteiger partial charge in [-0.3, -0.25) is 0 Å². The molecule has 25 heavy (non-hydrogen) atoms. The number of benzene rings is 1. The summed E-state index contributed by atoms with van der Waals surface area (Å²) in [7, 11) is 1.67. The summed E-state index contributed by atoms with van der Waals surface area (Å²) in [5, 5.41) is 0. The van der Waals surface area contributed by atoms with Gasteiger partial charge in [-0.05, 0) is 18.6 Å². The molecule has 0 bridgehead atoms. The van der Waals surface area contributed by atoms with Gasteiger partial charge in [0.05, 0.1) is 13.7 Å². The zero-order valence-corrected chi connectivity index (χ0v) is 16.3. The van der Waals surface area contributed by atoms with Gasteiger partial charge in [-0.1, -0.05) is 90.0 Å². The number of methoxy groups -OCH3 is 1. The Bertz CT molecular complexity index is 505. The van der Waals surface area contributed by atoms with Crippen LogP contribution in [0.25, 0.3) is 12.2 Å². The normalized spacial score (nSPS) is 10.5. The molecule has 1 rings (SSSR count). The monoisotopic (exact) mass is 344 g/mol. The summed E-state index contributed by atoms with van der Waals surface area (Å²) in [6, 6.07) is 3.94. The number of ether oxygens (including phenoxy) is 2. The van der Waals surface area contributed by atoms with Gasteiger partial charge < -0.3 is 9.47 Å². The van der Waals surface area contributed by atoms with Crippen molar-refractivity contribution < 1.29 is 9.47 Å². The number of hydrogen-bond acceptors (Lipinski definition) is 2. The molecule has 2 nitrogen and oxygen atoms in total. The Balaban J connectivity index is 2.23. The van der Waals surface area contributed by atoms with Crippen molar-refractivity contribution in [3.63, 3.8) is 0 Å². The molecule has 0 aliphatic heterocycles. The third kappa shape index (κ3) is 8.29. The lowest BCUT2D eigenvalue weighted by Gasteiger charge is -2.13. The standard InChI is InChI=1S/C23H36O2/c1-5-8-9-10-11-12-13-14-15-16-17-25-23-19-20(6-2)22(24-4)18-21(23)7-3/h6-7,18-19H,2-3,5,8-17H2,1,4H3. The predicted molar refractivity (Wildman–Crippen MR) is 111 cm³/mol. The van der Waals surface area contributed by atoms with Gasteiger partial charge in [0.2, 0.25) is 0 Å². The van der Waals surface area contributed by atoms with Crippen LogP contribution < -0.4 is 9.47 Å². The molecule has 0 aliphatic carbocycles. The maximum absolute atomic E-state index is 5.97. The molecule has 0 spiro atoms. The van der Waals surface area contributed by atoms with Crippen LogP contribution in [0.1, 0.15) is 82.3 Å². The van der Waals surface area contributed by atoms with E-state index in [1.807, 2.05) is 18.2 Å². The first-order valence-electron chi connectivity index (χ1n) is 9.86. The fourth-order valence-electron chi connectivity index (χ4n) is 2.98. The summed E-state index contributed by atoms with van der Waals surface area (Å²) in [5.41, 5.74) is 1.92. The van der Waals surface area contributed by atoms with Gasteiger partial charge in [0, 0.05) is 11.1 Å². The maximum Gasteiger partial charge on any atom is 0.127 e. The molecule has 0 heterocycles. The van der Waals surface area contributed by atoms with E-state index in [0.717, 1.165) is 35.7 Å². The van der Waals surface area contributed by atoms with Gasteiger partial charge in [0.1, 0.15) is 11.5 Å². The summed E-state index contributed by atoms with van der Waals surface area (Å²) in [5.74, 6) is 1.66. The van der Waals surface area contributed by atoms with Gasteiger partial charge in [0.15, 0.2) is 0 Å². The lowest BCUT2D eigenvalue weighted by Crippen LogP contribution is -2.00. The largest absolute Gasteiger partial charge is 0.496 e. The zero-order valence-electron chi connectivity index (χ0n) is 16.3. The molecule has 0 aliphatic rings. The first-order chi connectivity index (χ1) is 12.3. The van der Waals surface area contributed by atoms with E-state index >= 15 is 0 Å². The molecule has 0 unspecified atom stereocenters. The van der Waals surface area contributed by atoms with Crippen LogP contribution in [0.2, 0.25) is 0 Å². The highest BCUT2D eigenvalue weighted by Gasteiger charge is 2.08. The van der Waals surface area contributed by atoms with E-state index in [1.165, 1.54) is 57.8 Å². The van der Waals surface area contributed by atoms with Gasteiger partial charge in [-0.15, -0.1) is 0 Å². The lowest BCUT2D eigenvalue weighted by molar-refractivity contribution is 0.303. The Morgan fingerprint density at radius 3 is 1.76 bits per heavy atom. The van der Waals surface area contributed by atoms with E-state index in [9.17, 15) is 0 Å². The second kappa shape index (κ2) is 13.6. The van der Waals surface area contributed by atoms with Crippen molar-refractivity contribution in [3.05, 3.63) is 36.4 Å². The highest BCUT2D eigenvalue weighted by molar-refractivity contribution is 5.66. The molecule has 2 heteroatoms. The number of rotatable bonds is 15. The topological polar surface area (TPSA) is 18.5 Å². The lowest BCUT2D eigenvalue weighted by atomic mass is 10.1. The third-order valence-corrected chi connectivity index (χ3v) is 4.56. The first-order valence-corrected chi connectivity index (χ1v) is 9.86. The van der Waals surface area contributed by atoms with Crippen molar-refractivity contribution in [1.29, 1.82) is 0 Å². The van der Waals surface area contributed by atoms with Crippen LogP contribution in [0.4, 0.5) is 0 Å². The molecular formula is C23H36O2. The first kappa shape index (κ1) is 21.3. The van der Waals surface area contributed by atoms with Gasteiger partial charge >= 0.3 is 0 Å². The van der Waals surface area contributed by atoms with Gasteiger partial charge in [-0.25, -0.2) is 0 Å². The number of hydrogen-bond donors (Lipinski definition) is 0. The summed E-state index contributed by atoms with van der Waals surface area (Å²) < 4.78 is 11.3. The SMILES string of the molecule is C=Cc1cc(OCCCCCCCCCCCC)c(C=C)cc1OC. The summed E-state index contributed by atoms with van der Waals surface area (Å²) in [4.78, 5) is 0. The number of unbranched alkanes of at least 4 members (excludes halogenated alkanes) is 9. The van der Waals surface area contributed by atoms with E-state index in [0.29, 0.717) is 0 Å². The van der Waals surface area contributed by atoms with Crippen LogP contribution >= 0.6 is 0 Å². The van der Waals surface area contributed by atoms with Crippen LogP contribution in [0.5, 0.6) is 11.5 Å². The van der Waals surface area contributed by atoms with Gasteiger partial charge in [0.25, 0.3) is 0 Å². The average molecular weight is 345 g/mol. The Morgan fingerprint density at radius 2 is 1.24 bits per heavy atom. The fraction of sp³-hybridized carbons (Fsp3) is 0.565. The average Bonchev–Trinajstić information content (AvgIpc) is 2.65. The Labute approximate surface area is 154 Å².